The number of anilines is 1. The molecule has 158 valence electrons. The molecule has 0 aliphatic carbocycles. The van der Waals surface area contributed by atoms with E-state index in [1.54, 1.807) is 41.8 Å². The molecule has 8 nitrogen and oxygen atoms in total. The number of carbonyl (C=O) groups is 2. The summed E-state index contributed by atoms with van der Waals surface area (Å²) in [5, 5.41) is 15.8. The highest BCUT2D eigenvalue weighted by molar-refractivity contribution is 7.91. The van der Waals surface area contributed by atoms with Crippen molar-refractivity contribution in [2.24, 2.45) is 0 Å². The average molecular weight is 447 g/mol. The molecule has 0 bridgehead atoms. The third-order valence-electron chi connectivity index (χ3n) is 4.90. The van der Waals surface area contributed by atoms with Crippen LogP contribution in [0.1, 0.15) is 31.2 Å². The molecule has 1 fully saturated rings. The van der Waals surface area contributed by atoms with Gasteiger partial charge in [0, 0.05) is 19.1 Å². The third kappa shape index (κ3) is 5.05. The van der Waals surface area contributed by atoms with Gasteiger partial charge in [0.2, 0.25) is 0 Å². The van der Waals surface area contributed by atoms with E-state index in [9.17, 15) is 18.0 Å². The van der Waals surface area contributed by atoms with Crippen LogP contribution < -0.4 is 10.6 Å². The number of amides is 2. The van der Waals surface area contributed by atoms with Crippen molar-refractivity contribution in [2.75, 3.05) is 18.4 Å². The van der Waals surface area contributed by atoms with Gasteiger partial charge in [-0.3, -0.25) is 9.59 Å². The van der Waals surface area contributed by atoms with E-state index in [1.807, 2.05) is 6.07 Å². The minimum absolute atomic E-state index is 0.174. The molecule has 30 heavy (non-hydrogen) atoms. The van der Waals surface area contributed by atoms with Crippen molar-refractivity contribution in [3.8, 4) is 6.07 Å². The largest absolute Gasteiger partial charge is 0.348 e. The molecule has 1 aromatic carbocycles. The SMILES string of the molecule is N#Cc1ccccc1NC(=O)C(=O)NCCC1CCCCN1S(=O)(=O)c1cccs1. The maximum Gasteiger partial charge on any atom is 0.313 e. The maximum atomic E-state index is 12.9. The Morgan fingerprint density at radius 2 is 1.97 bits per heavy atom. The van der Waals surface area contributed by atoms with Gasteiger partial charge < -0.3 is 10.6 Å². The zero-order chi connectivity index (χ0) is 21.6. The summed E-state index contributed by atoms with van der Waals surface area (Å²) in [4.78, 5) is 24.2. The molecule has 2 amide bonds. The van der Waals surface area contributed by atoms with E-state index in [0.29, 0.717) is 23.6 Å². The predicted octanol–water partition coefficient (Wildman–Crippen LogP) is 2.31. The van der Waals surface area contributed by atoms with Crippen molar-refractivity contribution < 1.29 is 18.0 Å². The van der Waals surface area contributed by atoms with Gasteiger partial charge in [0.05, 0.1) is 11.3 Å². The van der Waals surface area contributed by atoms with Crippen LogP contribution in [-0.2, 0) is 19.6 Å². The van der Waals surface area contributed by atoms with Gasteiger partial charge >= 0.3 is 11.8 Å². The smallest absolute Gasteiger partial charge is 0.313 e. The van der Waals surface area contributed by atoms with Gasteiger partial charge in [-0.25, -0.2) is 8.42 Å². The fourth-order valence-corrected chi connectivity index (χ4v) is 6.25. The van der Waals surface area contributed by atoms with E-state index in [-0.39, 0.29) is 23.8 Å². The second-order valence-electron chi connectivity index (χ2n) is 6.85. The first-order valence-electron chi connectivity index (χ1n) is 9.57. The summed E-state index contributed by atoms with van der Waals surface area (Å²) in [5.74, 6) is -1.70. The van der Waals surface area contributed by atoms with Gasteiger partial charge in [-0.05, 0) is 42.8 Å². The molecule has 0 radical (unpaired) electrons. The Balaban J connectivity index is 1.56. The number of thiophene rings is 1. The minimum atomic E-state index is -3.55. The topological polar surface area (TPSA) is 119 Å². The monoisotopic (exact) mass is 446 g/mol. The zero-order valence-electron chi connectivity index (χ0n) is 16.2. The van der Waals surface area contributed by atoms with Crippen LogP contribution in [0.3, 0.4) is 0 Å². The first-order valence-corrected chi connectivity index (χ1v) is 11.9. The standard InChI is InChI=1S/C20H22N4O4S2/c21-14-15-6-1-2-8-17(15)23-20(26)19(25)22-11-10-16-7-3-4-12-24(16)30(27,28)18-9-5-13-29-18/h1-2,5-6,8-9,13,16H,3-4,7,10-12H2,(H,22,25)(H,23,26). The maximum absolute atomic E-state index is 12.9. The number of sulfonamides is 1. The van der Waals surface area contributed by atoms with Crippen LogP contribution >= 0.6 is 11.3 Å². The number of rotatable bonds is 6. The van der Waals surface area contributed by atoms with Gasteiger partial charge in [-0.1, -0.05) is 24.6 Å². The molecule has 2 aromatic rings. The summed E-state index contributed by atoms with van der Waals surface area (Å²) in [5.41, 5.74) is 0.524. The lowest BCUT2D eigenvalue weighted by Gasteiger charge is -2.34. The lowest BCUT2D eigenvalue weighted by Crippen LogP contribution is -2.45. The second kappa shape index (κ2) is 9.84. The van der Waals surface area contributed by atoms with E-state index in [2.05, 4.69) is 10.6 Å². The number of para-hydroxylation sites is 1. The molecule has 1 saturated heterocycles. The Kier molecular flexibility index (Phi) is 7.20. The Morgan fingerprint density at radius 3 is 2.70 bits per heavy atom. The Bertz CT molecular complexity index is 1050. The van der Waals surface area contributed by atoms with Crippen LogP contribution in [0.15, 0.2) is 46.0 Å². The van der Waals surface area contributed by atoms with Crippen molar-refractivity contribution in [3.05, 3.63) is 47.3 Å². The number of piperidine rings is 1. The first kappa shape index (κ1) is 22.0. The molecule has 0 saturated carbocycles. The minimum Gasteiger partial charge on any atom is -0.348 e. The van der Waals surface area contributed by atoms with Crippen molar-refractivity contribution in [1.29, 1.82) is 5.26 Å². The molecule has 2 N–H and O–H groups in total. The van der Waals surface area contributed by atoms with Crippen LogP contribution in [0.2, 0.25) is 0 Å². The second-order valence-corrected chi connectivity index (χ2v) is 9.92. The number of hydrogen-bond acceptors (Lipinski definition) is 6. The van der Waals surface area contributed by atoms with Crippen molar-refractivity contribution in [3.63, 3.8) is 0 Å². The van der Waals surface area contributed by atoms with E-state index in [4.69, 9.17) is 5.26 Å². The number of carbonyl (C=O) groups excluding carboxylic acids is 2. The van der Waals surface area contributed by atoms with Crippen LogP contribution in [0.25, 0.3) is 0 Å². The van der Waals surface area contributed by atoms with Gasteiger partial charge in [-0.15, -0.1) is 11.3 Å². The first-order chi connectivity index (χ1) is 14.4. The Morgan fingerprint density at radius 1 is 1.17 bits per heavy atom. The molecule has 1 atom stereocenters. The molecule has 10 heteroatoms. The molecule has 0 spiro atoms. The quantitative estimate of drug-likeness (QED) is 0.660. The van der Waals surface area contributed by atoms with Crippen molar-refractivity contribution in [2.45, 2.75) is 35.9 Å². The van der Waals surface area contributed by atoms with Crippen LogP contribution in [0.4, 0.5) is 5.69 Å². The lowest BCUT2D eigenvalue weighted by atomic mass is 10.0. The number of benzene rings is 1. The molecular formula is C20H22N4O4S2. The molecule has 3 rings (SSSR count). The number of hydrogen-bond donors (Lipinski definition) is 2. The van der Waals surface area contributed by atoms with Crippen LogP contribution in [0, 0.1) is 11.3 Å². The zero-order valence-corrected chi connectivity index (χ0v) is 17.8. The number of nitriles is 1. The van der Waals surface area contributed by atoms with Gasteiger partial charge in [0.25, 0.3) is 10.0 Å². The van der Waals surface area contributed by atoms with Crippen molar-refractivity contribution >= 4 is 38.9 Å². The fourth-order valence-electron chi connectivity index (χ4n) is 3.41. The third-order valence-corrected chi connectivity index (χ3v) is 8.22. The lowest BCUT2D eigenvalue weighted by molar-refractivity contribution is -0.136. The van der Waals surface area contributed by atoms with E-state index in [0.717, 1.165) is 12.8 Å². The molecule has 1 aliphatic heterocycles. The van der Waals surface area contributed by atoms with E-state index < -0.39 is 21.8 Å². The summed E-state index contributed by atoms with van der Waals surface area (Å²) in [7, 11) is -3.55. The molecule has 1 unspecified atom stereocenters. The van der Waals surface area contributed by atoms with Crippen LogP contribution in [0.5, 0.6) is 0 Å². The highest BCUT2D eigenvalue weighted by Crippen LogP contribution is 2.29. The molecule has 2 heterocycles. The summed E-state index contributed by atoms with van der Waals surface area (Å²) in [6.45, 7) is 0.623. The summed E-state index contributed by atoms with van der Waals surface area (Å²) in [6, 6.07) is 11.4. The number of nitrogens with zero attached hydrogens (tertiary/aromatic N) is 2. The van der Waals surface area contributed by atoms with Gasteiger partial charge in [0.1, 0.15) is 10.3 Å². The normalized spacial score (nSPS) is 17.1. The Labute approximate surface area is 179 Å². The molecular weight excluding hydrogens is 424 g/mol. The van der Waals surface area contributed by atoms with Gasteiger partial charge in [0.15, 0.2) is 0 Å². The molecule has 1 aliphatic rings. The highest BCUT2D eigenvalue weighted by Gasteiger charge is 2.33. The fraction of sp³-hybridized carbons (Fsp3) is 0.350. The van der Waals surface area contributed by atoms with Crippen LogP contribution in [-0.4, -0.2) is 43.7 Å². The summed E-state index contributed by atoms with van der Waals surface area (Å²) < 4.78 is 27.6. The van der Waals surface area contributed by atoms with Gasteiger partial charge in [-0.2, -0.15) is 9.57 Å². The average Bonchev–Trinajstić information content (AvgIpc) is 3.30. The summed E-state index contributed by atoms with van der Waals surface area (Å²) >= 11 is 1.19. The summed E-state index contributed by atoms with van der Waals surface area (Å²) in [6.07, 6.45) is 2.84. The highest BCUT2D eigenvalue weighted by atomic mass is 32.2. The van der Waals surface area contributed by atoms with Crippen molar-refractivity contribution in [1.82, 2.24) is 9.62 Å². The predicted molar refractivity (Wildman–Crippen MR) is 113 cm³/mol. The van der Waals surface area contributed by atoms with E-state index in [1.165, 1.54) is 15.6 Å². The van der Waals surface area contributed by atoms with E-state index >= 15 is 0 Å². The Hall–Kier alpha value is -2.74. The molecule has 1 aromatic heterocycles. The number of nitrogens with one attached hydrogen (secondary N) is 2.